The molecule has 0 saturated heterocycles. The van der Waals surface area contributed by atoms with Crippen LogP contribution in [0.1, 0.15) is 20.9 Å². The molecule has 0 bridgehead atoms. The molecule has 0 saturated carbocycles. The molecule has 0 atom stereocenters. The van der Waals surface area contributed by atoms with Crippen LogP contribution < -0.4 is 5.32 Å². The Morgan fingerprint density at radius 3 is 3.08 bits per heavy atom. The van der Waals surface area contributed by atoms with Crippen molar-refractivity contribution in [1.29, 1.82) is 0 Å². The van der Waals surface area contributed by atoms with Gasteiger partial charge >= 0.3 is 0 Å². The molecule has 2 N–H and O–H groups in total. The van der Waals surface area contributed by atoms with E-state index in [2.05, 4.69) is 15.3 Å². The SMILES string of the molecule is Cc1nc(-c2ccco2)sc1CNC(=O)c1ccc2[nH]ccc2c1. The summed E-state index contributed by atoms with van der Waals surface area (Å²) in [5.41, 5.74) is 2.58. The topological polar surface area (TPSA) is 70.9 Å². The van der Waals surface area contributed by atoms with Crippen molar-refractivity contribution in [2.75, 3.05) is 0 Å². The molecule has 0 aliphatic heterocycles. The van der Waals surface area contributed by atoms with E-state index in [9.17, 15) is 4.79 Å². The van der Waals surface area contributed by atoms with Gasteiger partial charge in [-0.25, -0.2) is 4.98 Å². The number of aryl methyl sites for hydroxylation is 1. The molecule has 4 rings (SSSR count). The van der Waals surface area contributed by atoms with Crippen molar-refractivity contribution >= 4 is 28.1 Å². The number of benzene rings is 1. The Balaban J connectivity index is 1.49. The van der Waals surface area contributed by atoms with E-state index in [1.54, 1.807) is 6.26 Å². The number of rotatable bonds is 4. The number of H-pyrrole nitrogens is 1. The third kappa shape index (κ3) is 2.72. The number of amides is 1. The summed E-state index contributed by atoms with van der Waals surface area (Å²) in [6.45, 7) is 2.39. The summed E-state index contributed by atoms with van der Waals surface area (Å²) in [5.74, 6) is 0.657. The van der Waals surface area contributed by atoms with E-state index >= 15 is 0 Å². The third-order valence-electron chi connectivity index (χ3n) is 3.85. The van der Waals surface area contributed by atoms with Gasteiger partial charge in [0.2, 0.25) is 0 Å². The molecule has 3 aromatic heterocycles. The maximum Gasteiger partial charge on any atom is 0.251 e. The van der Waals surface area contributed by atoms with Crippen LogP contribution in [0.3, 0.4) is 0 Å². The molecule has 24 heavy (non-hydrogen) atoms. The summed E-state index contributed by atoms with van der Waals surface area (Å²) in [5, 5.41) is 4.82. The zero-order valence-corrected chi connectivity index (χ0v) is 13.8. The fraction of sp³-hybridized carbons (Fsp3) is 0.111. The number of carbonyl (C=O) groups is 1. The first kappa shape index (κ1) is 14.7. The number of aromatic amines is 1. The first-order valence-corrected chi connectivity index (χ1v) is 8.38. The van der Waals surface area contributed by atoms with Gasteiger partial charge in [0.15, 0.2) is 10.8 Å². The summed E-state index contributed by atoms with van der Waals surface area (Å²) in [7, 11) is 0. The number of aromatic nitrogens is 2. The van der Waals surface area contributed by atoms with Gasteiger partial charge < -0.3 is 14.7 Å². The average molecular weight is 337 g/mol. The lowest BCUT2D eigenvalue weighted by molar-refractivity contribution is 0.0951. The Hall–Kier alpha value is -2.86. The predicted molar refractivity (Wildman–Crippen MR) is 94.0 cm³/mol. The molecule has 3 heterocycles. The van der Waals surface area contributed by atoms with Gasteiger partial charge in [0.25, 0.3) is 5.91 Å². The molecule has 4 aromatic rings. The van der Waals surface area contributed by atoms with Crippen molar-refractivity contribution in [3.8, 4) is 10.8 Å². The van der Waals surface area contributed by atoms with Gasteiger partial charge in [-0.15, -0.1) is 11.3 Å². The third-order valence-corrected chi connectivity index (χ3v) is 5.02. The maximum atomic E-state index is 12.4. The number of carbonyl (C=O) groups excluding carboxylic acids is 1. The number of fused-ring (bicyclic) bond motifs is 1. The number of thiazole rings is 1. The Morgan fingerprint density at radius 2 is 2.25 bits per heavy atom. The highest BCUT2D eigenvalue weighted by molar-refractivity contribution is 7.15. The van der Waals surface area contributed by atoms with Gasteiger partial charge in [-0.05, 0) is 43.3 Å². The Kier molecular flexibility index (Phi) is 3.66. The van der Waals surface area contributed by atoms with E-state index in [0.717, 1.165) is 32.2 Å². The van der Waals surface area contributed by atoms with Crippen LogP contribution >= 0.6 is 11.3 Å². The minimum Gasteiger partial charge on any atom is -0.462 e. The van der Waals surface area contributed by atoms with E-state index in [1.165, 1.54) is 11.3 Å². The molecule has 0 unspecified atom stereocenters. The molecule has 5 nitrogen and oxygen atoms in total. The van der Waals surface area contributed by atoms with Gasteiger partial charge in [0.05, 0.1) is 18.5 Å². The molecule has 0 fully saturated rings. The van der Waals surface area contributed by atoms with Gasteiger partial charge in [0.1, 0.15) is 0 Å². The summed E-state index contributed by atoms with van der Waals surface area (Å²) in [6, 6.07) is 11.3. The molecular formula is C18H15N3O2S. The predicted octanol–water partition coefficient (Wildman–Crippen LogP) is 4.12. The van der Waals surface area contributed by atoms with Crippen molar-refractivity contribution in [2.24, 2.45) is 0 Å². The highest BCUT2D eigenvalue weighted by atomic mass is 32.1. The number of hydrogen-bond acceptors (Lipinski definition) is 4. The lowest BCUT2D eigenvalue weighted by Gasteiger charge is -2.04. The minimum atomic E-state index is -0.0922. The fourth-order valence-corrected chi connectivity index (χ4v) is 3.53. The van der Waals surface area contributed by atoms with Gasteiger partial charge in [-0.1, -0.05) is 0 Å². The van der Waals surface area contributed by atoms with Crippen LogP contribution in [-0.4, -0.2) is 15.9 Å². The average Bonchev–Trinajstić information content (AvgIpc) is 3.32. The smallest absolute Gasteiger partial charge is 0.251 e. The molecule has 0 radical (unpaired) electrons. The van der Waals surface area contributed by atoms with Crippen molar-refractivity contribution in [1.82, 2.24) is 15.3 Å². The molecule has 1 amide bonds. The van der Waals surface area contributed by atoms with Crippen molar-refractivity contribution in [3.05, 3.63) is 65.0 Å². The van der Waals surface area contributed by atoms with Crippen molar-refractivity contribution in [2.45, 2.75) is 13.5 Å². The van der Waals surface area contributed by atoms with E-state index in [-0.39, 0.29) is 5.91 Å². The van der Waals surface area contributed by atoms with Crippen LogP contribution in [-0.2, 0) is 6.54 Å². The molecule has 0 aliphatic rings. The molecular weight excluding hydrogens is 322 g/mol. The summed E-state index contributed by atoms with van der Waals surface area (Å²) in [4.78, 5) is 21.0. The molecule has 1 aromatic carbocycles. The summed E-state index contributed by atoms with van der Waals surface area (Å²) < 4.78 is 5.37. The number of hydrogen-bond donors (Lipinski definition) is 2. The largest absolute Gasteiger partial charge is 0.462 e. The standard InChI is InChI=1S/C18H15N3O2S/c1-11-16(24-18(21-11)15-3-2-8-23-15)10-20-17(22)13-4-5-14-12(9-13)6-7-19-14/h2-9,19H,10H2,1H3,(H,20,22). The van der Waals surface area contributed by atoms with Gasteiger partial charge in [-0.3, -0.25) is 4.79 Å². The number of nitrogens with one attached hydrogen (secondary N) is 2. The van der Waals surface area contributed by atoms with Crippen LogP contribution in [0.5, 0.6) is 0 Å². The van der Waals surface area contributed by atoms with Crippen LogP contribution in [0.25, 0.3) is 21.7 Å². The normalized spacial score (nSPS) is 11.0. The number of furan rings is 1. The van der Waals surface area contributed by atoms with E-state index in [0.29, 0.717) is 12.1 Å². The van der Waals surface area contributed by atoms with Crippen LogP contribution in [0, 0.1) is 6.92 Å². The Bertz CT molecular complexity index is 999. The maximum absolute atomic E-state index is 12.4. The summed E-state index contributed by atoms with van der Waals surface area (Å²) >= 11 is 1.53. The highest BCUT2D eigenvalue weighted by Gasteiger charge is 2.13. The van der Waals surface area contributed by atoms with E-state index < -0.39 is 0 Å². The second kappa shape index (κ2) is 5.98. The zero-order chi connectivity index (χ0) is 16.5. The Labute approximate surface area is 142 Å². The van der Waals surface area contributed by atoms with Crippen molar-refractivity contribution in [3.63, 3.8) is 0 Å². The van der Waals surface area contributed by atoms with Crippen LogP contribution in [0.4, 0.5) is 0 Å². The Morgan fingerprint density at radius 1 is 1.33 bits per heavy atom. The zero-order valence-electron chi connectivity index (χ0n) is 13.0. The van der Waals surface area contributed by atoms with Crippen LogP contribution in [0.2, 0.25) is 0 Å². The lowest BCUT2D eigenvalue weighted by atomic mass is 10.1. The highest BCUT2D eigenvalue weighted by Crippen LogP contribution is 2.28. The molecule has 120 valence electrons. The second-order valence-corrected chi connectivity index (χ2v) is 6.55. The quantitative estimate of drug-likeness (QED) is 0.588. The van der Waals surface area contributed by atoms with Crippen LogP contribution in [0.15, 0.2) is 53.3 Å². The molecule has 0 spiro atoms. The number of nitrogens with zero attached hydrogens (tertiary/aromatic N) is 1. The monoisotopic (exact) mass is 337 g/mol. The van der Waals surface area contributed by atoms with Gasteiger partial charge in [-0.2, -0.15) is 0 Å². The molecule has 0 aliphatic carbocycles. The first-order valence-electron chi connectivity index (χ1n) is 7.56. The summed E-state index contributed by atoms with van der Waals surface area (Å²) in [6.07, 6.45) is 3.49. The lowest BCUT2D eigenvalue weighted by Crippen LogP contribution is -2.22. The second-order valence-electron chi connectivity index (χ2n) is 5.47. The van der Waals surface area contributed by atoms with E-state index in [1.807, 2.05) is 49.5 Å². The van der Waals surface area contributed by atoms with E-state index in [4.69, 9.17) is 4.42 Å². The molecule has 6 heteroatoms. The first-order chi connectivity index (χ1) is 11.7. The minimum absolute atomic E-state index is 0.0922. The fourth-order valence-electron chi connectivity index (χ4n) is 2.55. The van der Waals surface area contributed by atoms with Crippen molar-refractivity contribution < 1.29 is 9.21 Å². The van der Waals surface area contributed by atoms with Gasteiger partial charge in [0, 0.05) is 27.5 Å².